The van der Waals surface area contributed by atoms with Gasteiger partial charge in [-0.15, -0.1) is 0 Å². The van der Waals surface area contributed by atoms with Gasteiger partial charge in [-0.1, -0.05) is 37.3 Å². The Morgan fingerprint density at radius 1 is 1.14 bits per heavy atom. The van der Waals surface area contributed by atoms with E-state index in [0.29, 0.717) is 26.3 Å². The molecule has 1 aromatic heterocycles. The number of benzene rings is 1. The van der Waals surface area contributed by atoms with Crippen LogP contribution in [0.3, 0.4) is 0 Å². The molecule has 4 rings (SSSR count). The molecule has 0 radical (unpaired) electrons. The fourth-order valence-electron chi connectivity index (χ4n) is 4.20. The average molecular weight is 380 g/mol. The van der Waals surface area contributed by atoms with Gasteiger partial charge < -0.3 is 14.5 Å². The van der Waals surface area contributed by atoms with Crippen LogP contribution in [0.2, 0.25) is 0 Å². The quantitative estimate of drug-likeness (QED) is 0.816. The predicted molar refractivity (Wildman–Crippen MR) is 108 cm³/mol. The number of carbonyl (C=O) groups excluding carboxylic acids is 1. The SMILES string of the molecule is CCC(C(=O)N1CCc2nc(C)nc(N3CCOCC3)c2C1)c1ccccc1. The molecule has 2 aromatic rings. The van der Waals surface area contributed by atoms with Gasteiger partial charge in [0.15, 0.2) is 0 Å². The molecule has 2 aliphatic heterocycles. The van der Waals surface area contributed by atoms with Crippen LogP contribution in [-0.4, -0.2) is 53.6 Å². The third-order valence-electron chi connectivity index (χ3n) is 5.68. The van der Waals surface area contributed by atoms with Gasteiger partial charge in [0.1, 0.15) is 11.6 Å². The van der Waals surface area contributed by atoms with E-state index in [9.17, 15) is 4.79 Å². The number of aryl methyl sites for hydroxylation is 1. The van der Waals surface area contributed by atoms with Crippen LogP contribution in [0.4, 0.5) is 5.82 Å². The highest BCUT2D eigenvalue weighted by molar-refractivity contribution is 5.84. The Labute approximate surface area is 166 Å². The van der Waals surface area contributed by atoms with Crippen molar-refractivity contribution in [1.82, 2.24) is 14.9 Å². The third kappa shape index (κ3) is 3.74. The minimum absolute atomic E-state index is 0.0963. The normalized spacial score (nSPS) is 17.9. The summed E-state index contributed by atoms with van der Waals surface area (Å²) < 4.78 is 5.50. The largest absolute Gasteiger partial charge is 0.378 e. The lowest BCUT2D eigenvalue weighted by molar-refractivity contribution is -0.133. The lowest BCUT2D eigenvalue weighted by Gasteiger charge is -2.35. The zero-order valence-corrected chi connectivity index (χ0v) is 16.7. The molecule has 0 aliphatic carbocycles. The van der Waals surface area contributed by atoms with Crippen molar-refractivity contribution in [3.05, 3.63) is 53.0 Å². The number of anilines is 1. The summed E-state index contributed by atoms with van der Waals surface area (Å²) >= 11 is 0. The van der Waals surface area contributed by atoms with Crippen LogP contribution in [0, 0.1) is 6.92 Å². The van der Waals surface area contributed by atoms with E-state index >= 15 is 0 Å². The van der Waals surface area contributed by atoms with Crippen molar-refractivity contribution in [2.24, 2.45) is 0 Å². The number of amides is 1. The highest BCUT2D eigenvalue weighted by atomic mass is 16.5. The number of hydrogen-bond acceptors (Lipinski definition) is 5. The van der Waals surface area contributed by atoms with Gasteiger partial charge in [-0.3, -0.25) is 4.79 Å². The Morgan fingerprint density at radius 2 is 1.89 bits per heavy atom. The molecule has 0 bridgehead atoms. The summed E-state index contributed by atoms with van der Waals surface area (Å²) in [4.78, 5) is 27.0. The second-order valence-corrected chi connectivity index (χ2v) is 7.50. The van der Waals surface area contributed by atoms with Gasteiger partial charge in [0, 0.05) is 31.6 Å². The van der Waals surface area contributed by atoms with E-state index in [0.717, 1.165) is 54.4 Å². The average Bonchev–Trinajstić information content (AvgIpc) is 2.74. The first-order valence-electron chi connectivity index (χ1n) is 10.2. The monoisotopic (exact) mass is 380 g/mol. The standard InChI is InChI=1S/C22H28N4O2/c1-3-18(17-7-5-4-6-8-17)22(27)26-10-9-20-19(15-26)21(24-16(2)23-20)25-11-13-28-14-12-25/h4-8,18H,3,9-15H2,1-2H3. The molecule has 2 aliphatic rings. The minimum atomic E-state index is -0.0963. The van der Waals surface area contributed by atoms with Gasteiger partial charge in [0.05, 0.1) is 31.4 Å². The highest BCUT2D eigenvalue weighted by Crippen LogP contribution is 2.30. The molecule has 0 saturated carbocycles. The summed E-state index contributed by atoms with van der Waals surface area (Å²) in [5.41, 5.74) is 3.29. The van der Waals surface area contributed by atoms with E-state index in [-0.39, 0.29) is 11.8 Å². The molecule has 1 aromatic carbocycles. The number of hydrogen-bond donors (Lipinski definition) is 0. The van der Waals surface area contributed by atoms with E-state index in [1.54, 1.807) is 0 Å². The highest BCUT2D eigenvalue weighted by Gasteiger charge is 2.31. The molecule has 1 amide bonds. The van der Waals surface area contributed by atoms with Crippen molar-refractivity contribution < 1.29 is 9.53 Å². The zero-order valence-electron chi connectivity index (χ0n) is 16.7. The van der Waals surface area contributed by atoms with Crippen molar-refractivity contribution in [3.8, 4) is 0 Å². The molecule has 3 heterocycles. The van der Waals surface area contributed by atoms with Crippen molar-refractivity contribution in [3.63, 3.8) is 0 Å². The lowest BCUT2D eigenvalue weighted by Crippen LogP contribution is -2.42. The summed E-state index contributed by atoms with van der Waals surface area (Å²) in [7, 11) is 0. The van der Waals surface area contributed by atoms with Gasteiger partial charge >= 0.3 is 0 Å². The molecule has 0 N–H and O–H groups in total. The molecule has 28 heavy (non-hydrogen) atoms. The smallest absolute Gasteiger partial charge is 0.230 e. The molecule has 0 spiro atoms. The van der Waals surface area contributed by atoms with Crippen LogP contribution in [0.25, 0.3) is 0 Å². The molecule has 1 saturated heterocycles. The summed E-state index contributed by atoms with van der Waals surface area (Å²) in [6, 6.07) is 10.1. The molecule has 148 valence electrons. The van der Waals surface area contributed by atoms with Crippen LogP contribution in [0.5, 0.6) is 0 Å². The predicted octanol–water partition coefficient (Wildman–Crippen LogP) is 2.70. The maximum Gasteiger partial charge on any atom is 0.230 e. The molecule has 6 heteroatoms. The minimum Gasteiger partial charge on any atom is -0.378 e. The molecular weight excluding hydrogens is 352 g/mol. The number of rotatable bonds is 4. The van der Waals surface area contributed by atoms with Crippen LogP contribution in [0.15, 0.2) is 30.3 Å². The number of fused-ring (bicyclic) bond motifs is 1. The number of nitrogens with zero attached hydrogens (tertiary/aromatic N) is 4. The van der Waals surface area contributed by atoms with Crippen LogP contribution in [-0.2, 0) is 22.5 Å². The second-order valence-electron chi connectivity index (χ2n) is 7.50. The fraction of sp³-hybridized carbons (Fsp3) is 0.500. The van der Waals surface area contributed by atoms with E-state index in [4.69, 9.17) is 9.72 Å². The zero-order chi connectivity index (χ0) is 19.5. The Kier molecular flexibility index (Phi) is 5.57. The van der Waals surface area contributed by atoms with Crippen molar-refractivity contribution in [1.29, 1.82) is 0 Å². The first kappa shape index (κ1) is 18.9. The number of aromatic nitrogens is 2. The van der Waals surface area contributed by atoms with Crippen LogP contribution in [0.1, 0.15) is 41.9 Å². The second kappa shape index (κ2) is 8.27. The molecule has 1 atom stereocenters. The van der Waals surface area contributed by atoms with Crippen LogP contribution >= 0.6 is 0 Å². The lowest BCUT2D eigenvalue weighted by atomic mass is 9.93. The molecule has 1 fully saturated rings. The van der Waals surface area contributed by atoms with E-state index in [1.807, 2.05) is 30.0 Å². The van der Waals surface area contributed by atoms with E-state index in [2.05, 4.69) is 28.9 Å². The van der Waals surface area contributed by atoms with Gasteiger partial charge in [0.25, 0.3) is 0 Å². The molecule has 1 unspecified atom stereocenters. The Hall–Kier alpha value is -2.47. The van der Waals surface area contributed by atoms with Crippen molar-refractivity contribution in [2.45, 2.75) is 39.2 Å². The van der Waals surface area contributed by atoms with E-state index in [1.165, 1.54) is 0 Å². The summed E-state index contributed by atoms with van der Waals surface area (Å²) in [6.45, 7) is 8.43. The number of carbonyl (C=O) groups is 1. The van der Waals surface area contributed by atoms with Gasteiger partial charge in [-0.2, -0.15) is 0 Å². The summed E-state index contributed by atoms with van der Waals surface area (Å²) in [5, 5.41) is 0. The van der Waals surface area contributed by atoms with Gasteiger partial charge in [0.2, 0.25) is 5.91 Å². The van der Waals surface area contributed by atoms with Crippen molar-refractivity contribution >= 4 is 11.7 Å². The summed E-state index contributed by atoms with van der Waals surface area (Å²) in [6.07, 6.45) is 1.58. The first-order chi connectivity index (χ1) is 13.7. The van der Waals surface area contributed by atoms with Crippen LogP contribution < -0.4 is 4.90 Å². The Morgan fingerprint density at radius 3 is 2.61 bits per heavy atom. The molecular formula is C22H28N4O2. The van der Waals surface area contributed by atoms with E-state index < -0.39 is 0 Å². The Balaban J connectivity index is 1.61. The number of ether oxygens (including phenoxy) is 1. The topological polar surface area (TPSA) is 58.6 Å². The van der Waals surface area contributed by atoms with Gasteiger partial charge in [-0.05, 0) is 18.9 Å². The Bertz CT molecular complexity index is 834. The maximum absolute atomic E-state index is 13.3. The van der Waals surface area contributed by atoms with Crippen molar-refractivity contribution in [2.75, 3.05) is 37.7 Å². The fourth-order valence-corrected chi connectivity index (χ4v) is 4.20. The molecule has 6 nitrogen and oxygen atoms in total. The third-order valence-corrected chi connectivity index (χ3v) is 5.68. The van der Waals surface area contributed by atoms with Gasteiger partial charge in [-0.25, -0.2) is 9.97 Å². The summed E-state index contributed by atoms with van der Waals surface area (Å²) in [5.74, 6) is 1.89. The number of morpholine rings is 1. The first-order valence-corrected chi connectivity index (χ1v) is 10.2. The maximum atomic E-state index is 13.3.